The normalized spacial score (nSPS) is 18.4. The van der Waals surface area contributed by atoms with Gasteiger partial charge in [0.2, 0.25) is 0 Å². The number of carboxylic acid groups (broad SMARTS) is 1. The van der Waals surface area contributed by atoms with Crippen molar-refractivity contribution in [1.29, 1.82) is 0 Å². The van der Waals surface area contributed by atoms with Gasteiger partial charge in [-0.05, 0) is 0 Å². The number of nitrogens with two attached hydrogens (primary N) is 1. The smallest absolute Gasteiger partial charge is 0.340 e. The molecule has 0 amide bonds. The summed E-state index contributed by atoms with van der Waals surface area (Å²) in [5.41, 5.74) is 2.97. The standard InChI is InChI=1S/C8H5F4NO2/c9-2-1-3(13)4(8(14)15)6(11)7(12)5(2)10/h1,13H2,(H,14,15). The molecule has 82 valence electrons. The number of halogens is 4. The van der Waals surface area contributed by atoms with Gasteiger partial charge in [-0.3, -0.25) is 0 Å². The number of carbonyl (C=O) groups is 1. The summed E-state index contributed by atoms with van der Waals surface area (Å²) >= 11 is 0. The van der Waals surface area contributed by atoms with Crippen molar-refractivity contribution in [2.24, 2.45) is 5.73 Å². The highest BCUT2D eigenvalue weighted by molar-refractivity contribution is 5.92. The molecule has 0 heterocycles. The average molecular weight is 223 g/mol. The van der Waals surface area contributed by atoms with E-state index >= 15 is 0 Å². The van der Waals surface area contributed by atoms with E-state index in [4.69, 9.17) is 10.8 Å². The summed E-state index contributed by atoms with van der Waals surface area (Å²) in [5.74, 6) is -9.79. The Bertz CT molecular complexity index is 422. The number of hydrogen-bond acceptors (Lipinski definition) is 2. The lowest BCUT2D eigenvalue weighted by atomic mass is 10.1. The minimum absolute atomic E-state index is 0.778. The van der Waals surface area contributed by atoms with Crippen LogP contribution in [0.5, 0.6) is 0 Å². The second kappa shape index (κ2) is 3.76. The highest BCUT2D eigenvalue weighted by atomic mass is 19.2. The fraction of sp³-hybridized carbons (Fsp3) is 0.125. The van der Waals surface area contributed by atoms with Crippen LogP contribution in [0.1, 0.15) is 6.42 Å². The first kappa shape index (κ1) is 11.3. The first-order chi connectivity index (χ1) is 6.86. The molecule has 1 rings (SSSR count). The minimum atomic E-state index is -2.19. The second-order valence-electron chi connectivity index (χ2n) is 2.73. The van der Waals surface area contributed by atoms with Crippen LogP contribution in [0.4, 0.5) is 17.6 Å². The van der Waals surface area contributed by atoms with E-state index in [1.54, 1.807) is 0 Å². The van der Waals surface area contributed by atoms with Crippen molar-refractivity contribution in [2.75, 3.05) is 0 Å². The summed E-state index contributed by atoms with van der Waals surface area (Å²) < 4.78 is 51.1. The van der Waals surface area contributed by atoms with Gasteiger partial charge in [-0.15, -0.1) is 0 Å². The molecular formula is C8H5F4NO2. The first-order valence-electron chi connectivity index (χ1n) is 3.68. The molecule has 0 spiro atoms. The molecular weight excluding hydrogens is 218 g/mol. The third-order valence-electron chi connectivity index (χ3n) is 1.72. The van der Waals surface area contributed by atoms with Gasteiger partial charge in [0, 0.05) is 12.1 Å². The molecule has 0 radical (unpaired) electrons. The van der Waals surface area contributed by atoms with Gasteiger partial charge in [-0.25, -0.2) is 22.4 Å². The van der Waals surface area contributed by atoms with Gasteiger partial charge in [-0.2, -0.15) is 0 Å². The van der Waals surface area contributed by atoms with E-state index < -0.39 is 47.0 Å². The molecule has 1 aliphatic carbocycles. The summed E-state index contributed by atoms with van der Waals surface area (Å²) in [6.07, 6.45) is -0.978. The maximum absolute atomic E-state index is 13.0. The predicted molar refractivity (Wildman–Crippen MR) is 42.0 cm³/mol. The van der Waals surface area contributed by atoms with Crippen LogP contribution in [0.3, 0.4) is 0 Å². The van der Waals surface area contributed by atoms with Crippen LogP contribution in [0.15, 0.2) is 34.6 Å². The molecule has 0 atom stereocenters. The Hall–Kier alpha value is -1.79. The van der Waals surface area contributed by atoms with Crippen molar-refractivity contribution in [3.05, 3.63) is 34.6 Å². The minimum Gasteiger partial charge on any atom is -0.478 e. The van der Waals surface area contributed by atoms with E-state index in [1.807, 2.05) is 0 Å². The van der Waals surface area contributed by atoms with E-state index in [1.165, 1.54) is 0 Å². The molecule has 0 saturated carbocycles. The third kappa shape index (κ3) is 1.85. The summed E-state index contributed by atoms with van der Waals surface area (Å²) in [5, 5.41) is 8.45. The van der Waals surface area contributed by atoms with Crippen molar-refractivity contribution < 1.29 is 27.5 Å². The molecule has 0 aromatic rings. The van der Waals surface area contributed by atoms with Gasteiger partial charge in [0.1, 0.15) is 11.4 Å². The monoisotopic (exact) mass is 223 g/mol. The molecule has 0 saturated heterocycles. The Labute approximate surface area is 81.2 Å². The zero-order chi connectivity index (χ0) is 11.7. The highest BCUT2D eigenvalue weighted by Crippen LogP contribution is 2.34. The topological polar surface area (TPSA) is 63.3 Å². The fourth-order valence-corrected chi connectivity index (χ4v) is 1.03. The van der Waals surface area contributed by atoms with Gasteiger partial charge >= 0.3 is 5.97 Å². The molecule has 0 bridgehead atoms. The molecule has 0 unspecified atom stereocenters. The van der Waals surface area contributed by atoms with Crippen molar-refractivity contribution in [3.8, 4) is 0 Å². The number of allylic oxidation sites excluding steroid dienone is 3. The summed E-state index contributed by atoms with van der Waals surface area (Å²) in [7, 11) is 0. The van der Waals surface area contributed by atoms with E-state index in [0.717, 1.165) is 0 Å². The number of hydrogen-bond donors (Lipinski definition) is 2. The maximum atomic E-state index is 13.0. The van der Waals surface area contributed by atoms with Crippen LogP contribution in [0.2, 0.25) is 0 Å². The molecule has 3 nitrogen and oxygen atoms in total. The predicted octanol–water partition coefficient (Wildman–Crippen LogP) is 1.99. The quantitative estimate of drug-likeness (QED) is 0.668. The molecule has 1 aliphatic rings. The lowest BCUT2D eigenvalue weighted by molar-refractivity contribution is -0.132. The van der Waals surface area contributed by atoms with Crippen molar-refractivity contribution in [2.45, 2.75) is 6.42 Å². The molecule has 15 heavy (non-hydrogen) atoms. The lowest BCUT2D eigenvalue weighted by Crippen LogP contribution is -2.11. The Morgan fingerprint density at radius 2 is 1.67 bits per heavy atom. The van der Waals surface area contributed by atoms with Gasteiger partial charge in [0.05, 0.1) is 0 Å². The van der Waals surface area contributed by atoms with Crippen LogP contribution in [-0.2, 0) is 4.79 Å². The first-order valence-corrected chi connectivity index (χ1v) is 3.68. The zero-order valence-corrected chi connectivity index (χ0v) is 7.15. The van der Waals surface area contributed by atoms with Gasteiger partial charge in [0.25, 0.3) is 0 Å². The van der Waals surface area contributed by atoms with Crippen LogP contribution in [0.25, 0.3) is 0 Å². The zero-order valence-electron chi connectivity index (χ0n) is 7.15. The maximum Gasteiger partial charge on any atom is 0.340 e. The Morgan fingerprint density at radius 3 is 2.13 bits per heavy atom. The van der Waals surface area contributed by atoms with E-state index in [0.29, 0.717) is 0 Å². The van der Waals surface area contributed by atoms with Crippen LogP contribution >= 0.6 is 0 Å². The van der Waals surface area contributed by atoms with Crippen LogP contribution in [-0.4, -0.2) is 11.1 Å². The molecule has 0 aromatic carbocycles. The number of rotatable bonds is 1. The lowest BCUT2D eigenvalue weighted by Gasteiger charge is -2.01. The average Bonchev–Trinajstić information content (AvgIpc) is 2.19. The summed E-state index contributed by atoms with van der Waals surface area (Å²) in [6.45, 7) is 0. The third-order valence-corrected chi connectivity index (χ3v) is 1.72. The molecule has 0 fully saturated rings. The second-order valence-corrected chi connectivity index (χ2v) is 2.73. The Kier molecular flexibility index (Phi) is 2.83. The largest absolute Gasteiger partial charge is 0.478 e. The van der Waals surface area contributed by atoms with Gasteiger partial charge in [-0.1, -0.05) is 0 Å². The summed E-state index contributed by atoms with van der Waals surface area (Å²) in [4.78, 5) is 10.4. The van der Waals surface area contributed by atoms with Crippen molar-refractivity contribution in [3.63, 3.8) is 0 Å². The molecule has 0 aromatic heterocycles. The fourth-order valence-electron chi connectivity index (χ4n) is 1.03. The van der Waals surface area contributed by atoms with Crippen LogP contribution in [0, 0.1) is 0 Å². The SMILES string of the molecule is NC1=C(C(=O)O)C(F)=C(F)C(F)=C(F)C1. The van der Waals surface area contributed by atoms with E-state index in [2.05, 4.69) is 0 Å². The van der Waals surface area contributed by atoms with Crippen molar-refractivity contribution in [1.82, 2.24) is 0 Å². The Morgan fingerprint density at radius 1 is 1.13 bits per heavy atom. The Balaban J connectivity index is 3.45. The van der Waals surface area contributed by atoms with Crippen LogP contribution < -0.4 is 5.73 Å². The van der Waals surface area contributed by atoms with E-state index in [-0.39, 0.29) is 0 Å². The number of carboxylic acids is 1. The van der Waals surface area contributed by atoms with Gasteiger partial charge < -0.3 is 10.8 Å². The number of aliphatic carboxylic acids is 1. The van der Waals surface area contributed by atoms with Crippen molar-refractivity contribution >= 4 is 5.97 Å². The molecule has 0 aliphatic heterocycles. The highest BCUT2D eigenvalue weighted by Gasteiger charge is 2.29. The molecule has 3 N–H and O–H groups in total. The summed E-state index contributed by atoms with van der Waals surface area (Å²) in [6, 6.07) is 0. The van der Waals surface area contributed by atoms with Gasteiger partial charge in [0.15, 0.2) is 17.5 Å². The molecule has 7 heteroatoms. The van der Waals surface area contributed by atoms with E-state index in [9.17, 15) is 22.4 Å².